The first kappa shape index (κ1) is 13.5. The molecule has 0 bridgehead atoms. The zero-order chi connectivity index (χ0) is 14.2. The topological polar surface area (TPSA) is 53.1 Å². The fourth-order valence-electron chi connectivity index (χ4n) is 1.99. The molecule has 6 heteroatoms. The number of nitrogens with one attached hydrogen (secondary N) is 1. The predicted octanol–water partition coefficient (Wildman–Crippen LogP) is 3.76. The Balaban J connectivity index is 2.38. The third kappa shape index (κ3) is 2.89. The number of carbonyl (C=O) groups is 1. The van der Waals surface area contributed by atoms with Gasteiger partial charge in [0.1, 0.15) is 5.69 Å². The number of carboxylic acids is 1. The third-order valence-corrected chi connectivity index (χ3v) is 3.00. The first-order valence-corrected chi connectivity index (χ1v) is 5.69. The van der Waals surface area contributed by atoms with Crippen molar-refractivity contribution in [2.24, 2.45) is 0 Å². The number of aliphatic carboxylic acids is 1. The van der Waals surface area contributed by atoms with E-state index in [0.717, 1.165) is 6.07 Å². The van der Waals surface area contributed by atoms with Crippen LogP contribution in [-0.4, -0.2) is 16.1 Å². The molecule has 0 fully saturated rings. The number of hydrogen-bond acceptors (Lipinski definition) is 1. The zero-order valence-corrected chi connectivity index (χ0v) is 10.1. The molecular weight excluding hydrogens is 259 g/mol. The summed E-state index contributed by atoms with van der Waals surface area (Å²) >= 11 is 0. The van der Waals surface area contributed by atoms with E-state index in [4.69, 9.17) is 5.11 Å². The molecule has 102 valence electrons. The van der Waals surface area contributed by atoms with E-state index in [1.807, 2.05) is 0 Å². The van der Waals surface area contributed by atoms with Crippen molar-refractivity contribution < 1.29 is 23.1 Å². The van der Waals surface area contributed by atoms with Crippen LogP contribution in [0.4, 0.5) is 13.2 Å². The van der Waals surface area contributed by atoms with Gasteiger partial charge in [0.05, 0.1) is 6.42 Å². The molecule has 0 amide bonds. The van der Waals surface area contributed by atoms with Crippen molar-refractivity contribution in [3.8, 4) is 0 Å². The summed E-state index contributed by atoms with van der Waals surface area (Å²) in [6, 6.07) is 5.81. The lowest BCUT2D eigenvalue weighted by atomic mass is 9.97. The van der Waals surface area contributed by atoms with Gasteiger partial charge in [-0.15, -0.1) is 0 Å². The molecule has 1 aromatic carbocycles. The van der Waals surface area contributed by atoms with E-state index in [9.17, 15) is 18.0 Å². The van der Waals surface area contributed by atoms with Gasteiger partial charge >= 0.3 is 12.1 Å². The minimum absolute atomic E-state index is 0.0535. The molecule has 2 rings (SSSR count). The third-order valence-electron chi connectivity index (χ3n) is 3.00. The van der Waals surface area contributed by atoms with Crippen molar-refractivity contribution in [3.05, 3.63) is 35.5 Å². The Labute approximate surface area is 107 Å². The van der Waals surface area contributed by atoms with E-state index in [1.165, 1.54) is 6.07 Å². The fraction of sp³-hybridized carbons (Fsp3) is 0.308. The molecular formula is C13H12F3NO2. The molecule has 1 atom stereocenters. The standard InChI is InChI=1S/C13H12F3NO2/c1-7(4-12(18)19)8-2-3-10-9(5-8)6-11(17-10)13(14,15)16/h2-3,5-7,17H,4H2,1H3,(H,18,19). The molecule has 0 spiro atoms. The molecule has 0 aliphatic carbocycles. The summed E-state index contributed by atoms with van der Waals surface area (Å²) in [6.45, 7) is 1.73. The van der Waals surface area contributed by atoms with Crippen molar-refractivity contribution in [2.45, 2.75) is 25.4 Å². The van der Waals surface area contributed by atoms with E-state index in [-0.39, 0.29) is 12.3 Å². The largest absolute Gasteiger partial charge is 0.481 e. The number of aromatic nitrogens is 1. The Hall–Kier alpha value is -1.98. The number of alkyl halides is 3. The number of fused-ring (bicyclic) bond motifs is 1. The number of halogens is 3. The SMILES string of the molecule is CC(CC(=O)O)c1ccc2[nH]c(C(F)(F)F)cc2c1. The van der Waals surface area contributed by atoms with Gasteiger partial charge in [0.15, 0.2) is 0 Å². The smallest absolute Gasteiger partial charge is 0.431 e. The molecule has 0 saturated carbocycles. The quantitative estimate of drug-likeness (QED) is 0.892. The summed E-state index contributed by atoms with van der Waals surface area (Å²) in [5.74, 6) is -1.18. The Morgan fingerprint density at radius 1 is 1.37 bits per heavy atom. The van der Waals surface area contributed by atoms with Gasteiger partial charge < -0.3 is 10.1 Å². The number of benzene rings is 1. The monoisotopic (exact) mass is 271 g/mol. The van der Waals surface area contributed by atoms with E-state index in [2.05, 4.69) is 4.98 Å². The highest BCUT2D eigenvalue weighted by Crippen LogP contribution is 2.32. The van der Waals surface area contributed by atoms with E-state index in [0.29, 0.717) is 16.5 Å². The molecule has 3 nitrogen and oxygen atoms in total. The summed E-state index contributed by atoms with van der Waals surface area (Å²) in [5, 5.41) is 9.15. The van der Waals surface area contributed by atoms with Crippen LogP contribution in [0.1, 0.15) is 30.5 Å². The van der Waals surface area contributed by atoms with Crippen molar-refractivity contribution in [1.29, 1.82) is 0 Å². The van der Waals surface area contributed by atoms with Crippen LogP contribution >= 0.6 is 0 Å². The molecule has 2 N–H and O–H groups in total. The van der Waals surface area contributed by atoms with Crippen LogP contribution < -0.4 is 0 Å². The van der Waals surface area contributed by atoms with Crippen LogP contribution in [0.15, 0.2) is 24.3 Å². The number of rotatable bonds is 3. The van der Waals surface area contributed by atoms with E-state index in [1.54, 1.807) is 19.1 Å². The molecule has 0 radical (unpaired) electrons. The average molecular weight is 271 g/mol. The average Bonchev–Trinajstić information content (AvgIpc) is 2.69. The van der Waals surface area contributed by atoms with Crippen LogP contribution in [-0.2, 0) is 11.0 Å². The van der Waals surface area contributed by atoms with Gasteiger partial charge in [0, 0.05) is 10.9 Å². The second kappa shape index (κ2) is 4.60. The minimum atomic E-state index is -4.41. The van der Waals surface area contributed by atoms with Crippen molar-refractivity contribution in [1.82, 2.24) is 4.98 Å². The van der Waals surface area contributed by atoms with Crippen LogP contribution in [0.25, 0.3) is 10.9 Å². The Kier molecular flexibility index (Phi) is 3.26. The number of aromatic amines is 1. The van der Waals surface area contributed by atoms with Gasteiger partial charge in [-0.1, -0.05) is 13.0 Å². The summed E-state index contributed by atoms with van der Waals surface area (Å²) in [6.07, 6.45) is -4.46. The first-order valence-electron chi connectivity index (χ1n) is 5.69. The number of H-pyrrole nitrogens is 1. The van der Waals surface area contributed by atoms with Crippen LogP contribution in [0.5, 0.6) is 0 Å². The summed E-state index contributed by atoms with van der Waals surface area (Å²) < 4.78 is 37.6. The molecule has 2 aromatic rings. The predicted molar refractivity (Wildman–Crippen MR) is 64.0 cm³/mol. The van der Waals surface area contributed by atoms with Gasteiger partial charge in [-0.05, 0) is 29.7 Å². The molecule has 19 heavy (non-hydrogen) atoms. The molecule has 1 heterocycles. The Bertz CT molecular complexity index is 616. The molecule has 0 aliphatic rings. The van der Waals surface area contributed by atoms with Crippen LogP contribution in [0.2, 0.25) is 0 Å². The van der Waals surface area contributed by atoms with E-state index >= 15 is 0 Å². The molecule has 1 unspecified atom stereocenters. The van der Waals surface area contributed by atoms with Crippen LogP contribution in [0, 0.1) is 0 Å². The lowest BCUT2D eigenvalue weighted by molar-refractivity contribution is -0.140. The van der Waals surface area contributed by atoms with Crippen molar-refractivity contribution in [3.63, 3.8) is 0 Å². The van der Waals surface area contributed by atoms with Gasteiger partial charge in [0.2, 0.25) is 0 Å². The second-order valence-corrected chi connectivity index (χ2v) is 4.53. The van der Waals surface area contributed by atoms with Gasteiger partial charge in [-0.2, -0.15) is 13.2 Å². The minimum Gasteiger partial charge on any atom is -0.481 e. The lowest BCUT2D eigenvalue weighted by Crippen LogP contribution is -2.04. The zero-order valence-electron chi connectivity index (χ0n) is 10.1. The Morgan fingerprint density at radius 2 is 2.05 bits per heavy atom. The van der Waals surface area contributed by atoms with Crippen molar-refractivity contribution in [2.75, 3.05) is 0 Å². The van der Waals surface area contributed by atoms with E-state index < -0.39 is 17.8 Å². The highest BCUT2D eigenvalue weighted by Gasteiger charge is 2.32. The fourth-order valence-corrected chi connectivity index (χ4v) is 1.99. The molecule has 1 aromatic heterocycles. The summed E-state index contributed by atoms with van der Waals surface area (Å²) in [4.78, 5) is 12.9. The normalized spacial score (nSPS) is 13.7. The molecule has 0 aliphatic heterocycles. The van der Waals surface area contributed by atoms with Gasteiger partial charge in [-0.25, -0.2) is 0 Å². The summed E-state index contributed by atoms with van der Waals surface area (Å²) in [7, 11) is 0. The first-order chi connectivity index (χ1) is 8.77. The maximum Gasteiger partial charge on any atom is 0.431 e. The van der Waals surface area contributed by atoms with Gasteiger partial charge in [0.25, 0.3) is 0 Å². The van der Waals surface area contributed by atoms with Crippen LogP contribution in [0.3, 0.4) is 0 Å². The molecule has 0 saturated heterocycles. The number of carboxylic acid groups (broad SMARTS) is 1. The Morgan fingerprint density at radius 3 is 2.63 bits per heavy atom. The van der Waals surface area contributed by atoms with Gasteiger partial charge in [-0.3, -0.25) is 4.79 Å². The highest BCUT2D eigenvalue weighted by atomic mass is 19.4. The maximum absolute atomic E-state index is 12.5. The second-order valence-electron chi connectivity index (χ2n) is 4.53. The highest BCUT2D eigenvalue weighted by molar-refractivity contribution is 5.81. The van der Waals surface area contributed by atoms with Crippen molar-refractivity contribution >= 4 is 16.9 Å². The number of hydrogen-bond donors (Lipinski definition) is 2. The lowest BCUT2D eigenvalue weighted by Gasteiger charge is -2.08. The maximum atomic E-state index is 12.5. The summed E-state index contributed by atoms with van der Waals surface area (Å²) in [5.41, 5.74) is 0.298.